The number of ether oxygens (including phenoxy) is 2. The third-order valence-corrected chi connectivity index (χ3v) is 3.28. The van der Waals surface area contributed by atoms with E-state index in [1.807, 2.05) is 24.3 Å². The van der Waals surface area contributed by atoms with E-state index in [4.69, 9.17) is 9.47 Å². The minimum atomic E-state index is -0.168. The molecule has 1 amide bonds. The summed E-state index contributed by atoms with van der Waals surface area (Å²) < 4.78 is 13.0. The smallest absolute Gasteiger partial charge is 0.220 e. The Morgan fingerprint density at radius 1 is 1.36 bits per heavy atom. The molecule has 1 aromatic heterocycles. The number of tetrazole rings is 1. The molecule has 0 spiro atoms. The monoisotopic (exact) mass is 303 g/mol. The Labute approximate surface area is 127 Å². The van der Waals surface area contributed by atoms with Crippen molar-refractivity contribution in [3.63, 3.8) is 0 Å². The van der Waals surface area contributed by atoms with Crippen molar-refractivity contribution in [2.75, 3.05) is 13.2 Å². The molecule has 22 heavy (non-hydrogen) atoms. The standard InChI is InChI=1S/C14H17N5O3/c20-14(6-3-7-19-10-16-17-18-19)15-8-11-9-21-12-4-1-2-5-13(12)22-11/h1-2,4-5,10-11H,3,6-9H2,(H,15,20). The first kappa shape index (κ1) is 14.3. The number of aryl methyl sites for hydroxylation is 1. The van der Waals surface area contributed by atoms with Crippen molar-refractivity contribution in [3.05, 3.63) is 30.6 Å². The number of nitrogens with one attached hydrogen (secondary N) is 1. The number of hydrogen-bond donors (Lipinski definition) is 1. The maximum absolute atomic E-state index is 11.8. The van der Waals surface area contributed by atoms with Crippen LogP contribution in [0.1, 0.15) is 12.8 Å². The van der Waals surface area contributed by atoms with E-state index in [1.165, 1.54) is 6.33 Å². The number of fused-ring (bicyclic) bond motifs is 1. The van der Waals surface area contributed by atoms with E-state index in [0.717, 1.165) is 5.75 Å². The highest BCUT2D eigenvalue weighted by Crippen LogP contribution is 2.30. The van der Waals surface area contributed by atoms with Crippen LogP contribution in [0.3, 0.4) is 0 Å². The van der Waals surface area contributed by atoms with Crippen LogP contribution in [0.15, 0.2) is 30.6 Å². The third-order valence-electron chi connectivity index (χ3n) is 3.28. The lowest BCUT2D eigenvalue weighted by atomic mass is 10.2. The summed E-state index contributed by atoms with van der Waals surface area (Å²) in [5, 5.41) is 13.7. The maximum Gasteiger partial charge on any atom is 0.220 e. The van der Waals surface area contributed by atoms with Gasteiger partial charge in [0.2, 0.25) is 5.91 Å². The highest BCUT2D eigenvalue weighted by molar-refractivity contribution is 5.75. The summed E-state index contributed by atoms with van der Waals surface area (Å²) in [6.45, 7) is 1.48. The molecule has 1 N–H and O–H groups in total. The summed E-state index contributed by atoms with van der Waals surface area (Å²) in [5.41, 5.74) is 0. The highest BCUT2D eigenvalue weighted by atomic mass is 16.6. The fraction of sp³-hybridized carbons (Fsp3) is 0.429. The molecule has 2 aromatic rings. The number of hydrogen-bond acceptors (Lipinski definition) is 6. The van der Waals surface area contributed by atoms with Gasteiger partial charge in [0.05, 0.1) is 6.54 Å². The summed E-state index contributed by atoms with van der Waals surface area (Å²) in [5.74, 6) is 1.44. The first-order valence-electron chi connectivity index (χ1n) is 7.17. The van der Waals surface area contributed by atoms with Gasteiger partial charge in [-0.15, -0.1) is 5.10 Å². The molecule has 1 aliphatic rings. The molecular formula is C14H17N5O3. The molecule has 8 heteroatoms. The van der Waals surface area contributed by atoms with Gasteiger partial charge in [0.1, 0.15) is 19.0 Å². The maximum atomic E-state index is 11.8. The van der Waals surface area contributed by atoms with E-state index in [1.54, 1.807) is 4.68 Å². The van der Waals surface area contributed by atoms with E-state index >= 15 is 0 Å². The zero-order valence-corrected chi connectivity index (χ0v) is 12.0. The van der Waals surface area contributed by atoms with Gasteiger partial charge in [-0.2, -0.15) is 0 Å². The topological polar surface area (TPSA) is 91.2 Å². The van der Waals surface area contributed by atoms with Crippen LogP contribution in [-0.2, 0) is 11.3 Å². The van der Waals surface area contributed by atoms with Crippen molar-refractivity contribution < 1.29 is 14.3 Å². The van der Waals surface area contributed by atoms with Gasteiger partial charge in [-0.25, -0.2) is 4.68 Å². The molecule has 1 aromatic carbocycles. The molecule has 0 saturated heterocycles. The second kappa shape index (κ2) is 6.88. The number of rotatable bonds is 6. The molecule has 0 fully saturated rings. The van der Waals surface area contributed by atoms with E-state index in [-0.39, 0.29) is 12.0 Å². The number of nitrogens with zero attached hydrogens (tertiary/aromatic N) is 4. The van der Waals surface area contributed by atoms with Gasteiger partial charge in [-0.3, -0.25) is 4.79 Å². The minimum Gasteiger partial charge on any atom is -0.486 e. The normalized spacial score (nSPS) is 16.3. The van der Waals surface area contributed by atoms with Crippen LogP contribution in [0.5, 0.6) is 11.5 Å². The van der Waals surface area contributed by atoms with Gasteiger partial charge in [0.15, 0.2) is 11.5 Å². The first-order valence-corrected chi connectivity index (χ1v) is 7.17. The number of benzene rings is 1. The van der Waals surface area contributed by atoms with Gasteiger partial charge in [-0.05, 0) is 29.0 Å². The molecule has 0 radical (unpaired) electrons. The zero-order chi connectivity index (χ0) is 15.2. The van der Waals surface area contributed by atoms with E-state index in [9.17, 15) is 4.79 Å². The molecule has 1 aliphatic heterocycles. The van der Waals surface area contributed by atoms with Gasteiger partial charge >= 0.3 is 0 Å². The van der Waals surface area contributed by atoms with Crippen LogP contribution in [0.2, 0.25) is 0 Å². The Bertz CT molecular complexity index is 617. The molecular weight excluding hydrogens is 286 g/mol. The Morgan fingerprint density at radius 3 is 3.05 bits per heavy atom. The van der Waals surface area contributed by atoms with Crippen molar-refractivity contribution in [2.45, 2.75) is 25.5 Å². The van der Waals surface area contributed by atoms with Gasteiger partial charge in [0, 0.05) is 13.0 Å². The van der Waals surface area contributed by atoms with E-state index in [0.29, 0.717) is 38.3 Å². The first-order chi connectivity index (χ1) is 10.8. The SMILES string of the molecule is O=C(CCCn1cnnn1)NCC1COc2ccccc2O1. The van der Waals surface area contributed by atoms with Crippen molar-refractivity contribution in [1.82, 2.24) is 25.5 Å². The molecule has 3 rings (SSSR count). The lowest BCUT2D eigenvalue weighted by molar-refractivity contribution is -0.121. The largest absolute Gasteiger partial charge is 0.486 e. The van der Waals surface area contributed by atoms with Crippen molar-refractivity contribution in [3.8, 4) is 11.5 Å². The van der Waals surface area contributed by atoms with Crippen LogP contribution < -0.4 is 14.8 Å². The summed E-state index contributed by atoms with van der Waals surface area (Å²) in [6, 6.07) is 7.51. The predicted octanol–water partition coefficient (Wildman–Crippen LogP) is 0.409. The number of amides is 1. The van der Waals surface area contributed by atoms with E-state index in [2.05, 4.69) is 20.8 Å². The third kappa shape index (κ3) is 3.72. The van der Waals surface area contributed by atoms with E-state index < -0.39 is 0 Å². The molecule has 0 bridgehead atoms. The van der Waals surface area contributed by atoms with Crippen LogP contribution in [0.4, 0.5) is 0 Å². The van der Waals surface area contributed by atoms with Crippen LogP contribution in [0.25, 0.3) is 0 Å². The summed E-state index contributed by atoms with van der Waals surface area (Å²) in [7, 11) is 0. The average molecular weight is 303 g/mol. The lowest BCUT2D eigenvalue weighted by Crippen LogP contribution is -2.40. The number of para-hydroxylation sites is 2. The second-order valence-electron chi connectivity index (χ2n) is 4.98. The molecule has 1 unspecified atom stereocenters. The Hall–Kier alpha value is -2.64. The van der Waals surface area contributed by atoms with Crippen molar-refractivity contribution >= 4 is 5.91 Å². The van der Waals surface area contributed by atoms with Crippen LogP contribution in [0, 0.1) is 0 Å². The number of carbonyl (C=O) groups is 1. The fourth-order valence-electron chi connectivity index (χ4n) is 2.16. The number of aromatic nitrogens is 4. The predicted molar refractivity (Wildman–Crippen MR) is 76.4 cm³/mol. The summed E-state index contributed by atoms with van der Waals surface area (Å²) >= 11 is 0. The second-order valence-corrected chi connectivity index (χ2v) is 4.98. The van der Waals surface area contributed by atoms with Gasteiger partial charge < -0.3 is 14.8 Å². The van der Waals surface area contributed by atoms with Gasteiger partial charge in [-0.1, -0.05) is 12.1 Å². The average Bonchev–Trinajstić information content (AvgIpc) is 3.06. The molecule has 0 aliphatic carbocycles. The summed E-state index contributed by atoms with van der Waals surface area (Å²) in [6.07, 6.45) is 2.47. The molecule has 116 valence electrons. The highest BCUT2D eigenvalue weighted by Gasteiger charge is 2.20. The zero-order valence-electron chi connectivity index (χ0n) is 12.0. The molecule has 2 heterocycles. The van der Waals surface area contributed by atoms with Crippen molar-refractivity contribution in [1.29, 1.82) is 0 Å². The quantitative estimate of drug-likeness (QED) is 0.831. The fourth-order valence-corrected chi connectivity index (χ4v) is 2.16. The lowest BCUT2D eigenvalue weighted by Gasteiger charge is -2.26. The molecule has 1 atom stereocenters. The molecule has 0 saturated carbocycles. The van der Waals surface area contributed by atoms with Crippen molar-refractivity contribution in [2.24, 2.45) is 0 Å². The molecule has 8 nitrogen and oxygen atoms in total. The minimum absolute atomic E-state index is 0.0180. The number of carbonyl (C=O) groups excluding carboxylic acids is 1. The van der Waals surface area contributed by atoms with Crippen LogP contribution >= 0.6 is 0 Å². The van der Waals surface area contributed by atoms with Crippen LogP contribution in [-0.4, -0.2) is 45.4 Å². The van der Waals surface area contributed by atoms with Gasteiger partial charge in [0.25, 0.3) is 0 Å². The Morgan fingerprint density at radius 2 is 2.23 bits per heavy atom. The Kier molecular flexibility index (Phi) is 4.47. The Balaban J connectivity index is 1.37. The summed E-state index contributed by atoms with van der Waals surface area (Å²) in [4.78, 5) is 11.8.